The highest BCUT2D eigenvalue weighted by Gasteiger charge is 2.35. The van der Waals surface area contributed by atoms with Gasteiger partial charge >= 0.3 is 0 Å². The molecule has 2 N–H and O–H groups in total. The van der Waals surface area contributed by atoms with Gasteiger partial charge in [-0.15, -0.1) is 0 Å². The van der Waals surface area contributed by atoms with Gasteiger partial charge in [-0.05, 0) is 33.6 Å². The lowest BCUT2D eigenvalue weighted by Gasteiger charge is -2.42. The maximum atomic E-state index is 9.28. The zero-order valence-electron chi connectivity index (χ0n) is 14.3. The Morgan fingerprint density at radius 2 is 2.10 bits per heavy atom. The minimum atomic E-state index is 0.110. The smallest absolute Gasteiger partial charge is 0.0589 e. The van der Waals surface area contributed by atoms with Crippen LogP contribution >= 0.6 is 0 Å². The van der Waals surface area contributed by atoms with E-state index in [4.69, 9.17) is 9.47 Å². The van der Waals surface area contributed by atoms with Gasteiger partial charge in [-0.2, -0.15) is 0 Å². The quantitative estimate of drug-likeness (QED) is 0.668. The van der Waals surface area contributed by atoms with Gasteiger partial charge in [-0.25, -0.2) is 0 Å². The molecule has 5 heteroatoms. The third-order valence-corrected chi connectivity index (χ3v) is 3.98. The Bertz CT molecular complexity index is 273. The van der Waals surface area contributed by atoms with Crippen molar-refractivity contribution in [1.29, 1.82) is 0 Å². The van der Waals surface area contributed by atoms with Crippen molar-refractivity contribution in [3.8, 4) is 0 Å². The van der Waals surface area contributed by atoms with Gasteiger partial charge in [-0.3, -0.25) is 4.90 Å². The van der Waals surface area contributed by atoms with Gasteiger partial charge in [-0.1, -0.05) is 0 Å². The van der Waals surface area contributed by atoms with Gasteiger partial charge in [0.15, 0.2) is 0 Å². The number of hydrogen-bond donors (Lipinski definition) is 2. The number of aliphatic hydroxyl groups is 1. The van der Waals surface area contributed by atoms with E-state index in [1.807, 2.05) is 0 Å². The maximum absolute atomic E-state index is 9.28. The molecule has 0 aliphatic carbocycles. The van der Waals surface area contributed by atoms with Crippen LogP contribution in [0.2, 0.25) is 0 Å². The van der Waals surface area contributed by atoms with E-state index in [0.717, 1.165) is 39.3 Å². The molecule has 1 rings (SSSR count). The fraction of sp³-hybridized carbons (Fsp3) is 1.00. The summed E-state index contributed by atoms with van der Waals surface area (Å²) in [6.45, 7) is 12.6. The number of methoxy groups -OCH3 is 1. The van der Waals surface area contributed by atoms with E-state index in [0.29, 0.717) is 13.2 Å². The summed E-state index contributed by atoms with van der Waals surface area (Å²) in [5, 5.41) is 12.9. The van der Waals surface area contributed by atoms with Crippen LogP contribution in [0.5, 0.6) is 0 Å². The van der Waals surface area contributed by atoms with Crippen LogP contribution in [0.15, 0.2) is 0 Å². The van der Waals surface area contributed by atoms with Gasteiger partial charge in [0.1, 0.15) is 0 Å². The number of hydrogen-bond acceptors (Lipinski definition) is 5. The Hall–Kier alpha value is -0.200. The van der Waals surface area contributed by atoms with Gasteiger partial charge in [0.25, 0.3) is 0 Å². The predicted molar refractivity (Wildman–Crippen MR) is 85.6 cm³/mol. The summed E-state index contributed by atoms with van der Waals surface area (Å²) in [6, 6.07) is 0. The molecule has 0 saturated carbocycles. The number of rotatable bonds is 9. The number of nitrogens with zero attached hydrogens (tertiary/aromatic N) is 1. The second-order valence-corrected chi connectivity index (χ2v) is 7.25. The van der Waals surface area contributed by atoms with Gasteiger partial charge in [0.2, 0.25) is 0 Å². The zero-order valence-corrected chi connectivity index (χ0v) is 14.3. The summed E-state index contributed by atoms with van der Waals surface area (Å²) in [5.74, 6) is 0. The molecule has 1 saturated heterocycles. The van der Waals surface area contributed by atoms with Crippen LogP contribution in [-0.4, -0.2) is 75.3 Å². The van der Waals surface area contributed by atoms with Gasteiger partial charge in [0, 0.05) is 50.8 Å². The molecular formula is C16H34N2O3. The summed E-state index contributed by atoms with van der Waals surface area (Å²) in [5.41, 5.74) is 0.243. The summed E-state index contributed by atoms with van der Waals surface area (Å²) in [6.07, 6.45) is 2.29. The number of ether oxygens (including phenoxy) is 2. The number of nitrogens with one attached hydrogen (secondary N) is 1. The van der Waals surface area contributed by atoms with Crippen molar-refractivity contribution >= 4 is 0 Å². The van der Waals surface area contributed by atoms with Crippen molar-refractivity contribution in [2.45, 2.75) is 39.2 Å². The van der Waals surface area contributed by atoms with Crippen molar-refractivity contribution in [3.05, 3.63) is 0 Å². The molecule has 1 unspecified atom stereocenters. The van der Waals surface area contributed by atoms with Crippen molar-refractivity contribution in [2.24, 2.45) is 5.41 Å². The van der Waals surface area contributed by atoms with Gasteiger partial charge < -0.3 is 19.9 Å². The second-order valence-electron chi connectivity index (χ2n) is 7.25. The topological polar surface area (TPSA) is 54.0 Å². The van der Waals surface area contributed by atoms with Crippen LogP contribution in [0.1, 0.15) is 33.6 Å². The first-order valence-electron chi connectivity index (χ1n) is 8.06. The minimum Gasteiger partial charge on any atom is -0.395 e. The zero-order chi connectivity index (χ0) is 15.8. The molecule has 0 aromatic carbocycles. The van der Waals surface area contributed by atoms with Crippen LogP contribution in [0.25, 0.3) is 0 Å². The summed E-state index contributed by atoms with van der Waals surface area (Å²) in [4.78, 5) is 2.29. The first-order valence-corrected chi connectivity index (χ1v) is 8.06. The largest absolute Gasteiger partial charge is 0.395 e. The van der Waals surface area contributed by atoms with Crippen molar-refractivity contribution in [1.82, 2.24) is 10.2 Å². The third kappa shape index (κ3) is 7.56. The molecular weight excluding hydrogens is 268 g/mol. The van der Waals surface area contributed by atoms with E-state index in [9.17, 15) is 5.11 Å². The van der Waals surface area contributed by atoms with Crippen LogP contribution in [0, 0.1) is 5.41 Å². The molecule has 0 aromatic heterocycles. The van der Waals surface area contributed by atoms with E-state index in [-0.39, 0.29) is 17.6 Å². The molecule has 1 heterocycles. The average Bonchev–Trinajstić information content (AvgIpc) is 2.43. The average molecular weight is 302 g/mol. The SMILES string of the molecule is COCCN(CCO)CC1(CNC(C)(C)C)CCCOC1. The molecule has 0 bridgehead atoms. The fourth-order valence-corrected chi connectivity index (χ4v) is 2.79. The highest BCUT2D eigenvalue weighted by molar-refractivity contribution is 4.89. The molecule has 21 heavy (non-hydrogen) atoms. The first kappa shape index (κ1) is 18.8. The van der Waals surface area contributed by atoms with Crippen LogP contribution < -0.4 is 5.32 Å². The van der Waals surface area contributed by atoms with E-state index >= 15 is 0 Å². The van der Waals surface area contributed by atoms with E-state index < -0.39 is 0 Å². The predicted octanol–water partition coefficient (Wildman–Crippen LogP) is 1.11. The lowest BCUT2D eigenvalue weighted by Crippen LogP contribution is -2.53. The Kier molecular flexibility index (Phi) is 8.13. The molecule has 1 atom stereocenters. The highest BCUT2D eigenvalue weighted by atomic mass is 16.5. The number of aliphatic hydroxyl groups excluding tert-OH is 1. The third-order valence-electron chi connectivity index (χ3n) is 3.98. The fourth-order valence-electron chi connectivity index (χ4n) is 2.79. The Morgan fingerprint density at radius 3 is 2.62 bits per heavy atom. The Morgan fingerprint density at radius 1 is 1.33 bits per heavy atom. The first-order chi connectivity index (χ1) is 9.91. The van der Waals surface area contributed by atoms with Crippen molar-refractivity contribution in [2.75, 3.05) is 59.7 Å². The molecule has 0 aromatic rings. The monoisotopic (exact) mass is 302 g/mol. The van der Waals surface area contributed by atoms with Crippen molar-refractivity contribution in [3.63, 3.8) is 0 Å². The summed E-state index contributed by atoms with van der Waals surface area (Å²) in [7, 11) is 1.72. The maximum Gasteiger partial charge on any atom is 0.0589 e. The Labute approximate surface area is 130 Å². The van der Waals surface area contributed by atoms with Crippen molar-refractivity contribution < 1.29 is 14.6 Å². The molecule has 1 aliphatic rings. The van der Waals surface area contributed by atoms with E-state index in [2.05, 4.69) is 31.0 Å². The standard InChI is InChI=1S/C16H34N2O3/c1-15(2,3)17-12-16(6-5-10-21-14-16)13-18(7-9-19)8-11-20-4/h17,19H,5-14H2,1-4H3. The second kappa shape index (κ2) is 9.06. The summed E-state index contributed by atoms with van der Waals surface area (Å²) >= 11 is 0. The summed E-state index contributed by atoms with van der Waals surface area (Å²) < 4.78 is 11.0. The normalized spacial score (nSPS) is 23.7. The lowest BCUT2D eigenvalue weighted by atomic mass is 9.81. The lowest BCUT2D eigenvalue weighted by molar-refractivity contribution is -0.0332. The minimum absolute atomic E-state index is 0.110. The molecule has 5 nitrogen and oxygen atoms in total. The van der Waals surface area contributed by atoms with Gasteiger partial charge in [0.05, 0.1) is 19.8 Å². The molecule has 0 amide bonds. The molecule has 1 fully saturated rings. The molecule has 1 aliphatic heterocycles. The van der Waals surface area contributed by atoms with Crippen LogP contribution in [0.4, 0.5) is 0 Å². The molecule has 0 spiro atoms. The Balaban J connectivity index is 2.65. The highest BCUT2D eigenvalue weighted by Crippen LogP contribution is 2.29. The van der Waals surface area contributed by atoms with E-state index in [1.165, 1.54) is 6.42 Å². The van der Waals surface area contributed by atoms with E-state index in [1.54, 1.807) is 7.11 Å². The van der Waals surface area contributed by atoms with Crippen LogP contribution in [-0.2, 0) is 9.47 Å². The van der Waals surface area contributed by atoms with Crippen LogP contribution in [0.3, 0.4) is 0 Å². The molecule has 126 valence electrons. The molecule has 0 radical (unpaired) electrons.